The van der Waals surface area contributed by atoms with Crippen LogP contribution in [0, 0.1) is 13.8 Å². The molecule has 0 aliphatic heterocycles. The first-order valence-electron chi connectivity index (χ1n) is 2.40. The highest BCUT2D eigenvalue weighted by Crippen LogP contribution is 2.11. The van der Waals surface area contributed by atoms with E-state index < -0.39 is 0 Å². The molecule has 0 amide bonds. The number of aromatic nitrogens is 1. The molecule has 1 heterocycles. The fourth-order valence-corrected chi connectivity index (χ4v) is 0.435. The summed E-state index contributed by atoms with van der Waals surface area (Å²) in [6.07, 6.45) is 0. The number of anilines is 1. The van der Waals surface area contributed by atoms with Crippen LogP contribution in [0.15, 0.2) is 4.52 Å². The van der Waals surface area contributed by atoms with Crippen LogP contribution >= 0.6 is 12.4 Å². The Labute approximate surface area is 59.6 Å². The van der Waals surface area contributed by atoms with Crippen molar-refractivity contribution in [1.82, 2.24) is 5.16 Å². The second-order valence-corrected chi connectivity index (χ2v) is 1.75. The molecule has 52 valence electrons. The molecule has 9 heavy (non-hydrogen) atoms. The molecular weight excluding hydrogens is 140 g/mol. The first-order chi connectivity index (χ1) is 3.72. The van der Waals surface area contributed by atoms with Crippen molar-refractivity contribution in [3.05, 3.63) is 11.3 Å². The molecule has 0 aromatic carbocycles. The molecule has 0 atom stereocenters. The van der Waals surface area contributed by atoms with E-state index in [2.05, 4.69) is 5.16 Å². The Balaban J connectivity index is 0.000000640. The Morgan fingerprint density at radius 3 is 2.11 bits per heavy atom. The van der Waals surface area contributed by atoms with Gasteiger partial charge in [0.15, 0.2) is 5.82 Å². The van der Waals surface area contributed by atoms with Crippen molar-refractivity contribution in [3.63, 3.8) is 0 Å². The average molecular weight is 149 g/mol. The van der Waals surface area contributed by atoms with Gasteiger partial charge in [-0.05, 0) is 13.8 Å². The molecule has 0 spiro atoms. The van der Waals surface area contributed by atoms with Gasteiger partial charge in [-0.1, -0.05) is 5.16 Å². The SMILES string of the molecule is Cc1onc(N)c1C.Cl. The van der Waals surface area contributed by atoms with Crippen molar-refractivity contribution in [2.24, 2.45) is 0 Å². The molecule has 3 nitrogen and oxygen atoms in total. The largest absolute Gasteiger partial charge is 0.381 e. The van der Waals surface area contributed by atoms with Gasteiger partial charge in [0.1, 0.15) is 5.76 Å². The van der Waals surface area contributed by atoms with Crippen molar-refractivity contribution in [2.75, 3.05) is 5.73 Å². The molecule has 2 N–H and O–H groups in total. The van der Waals surface area contributed by atoms with Gasteiger partial charge < -0.3 is 10.3 Å². The van der Waals surface area contributed by atoms with Crippen LogP contribution in [-0.2, 0) is 0 Å². The summed E-state index contributed by atoms with van der Waals surface area (Å²) in [5, 5.41) is 3.52. The number of aryl methyl sites for hydroxylation is 1. The zero-order valence-corrected chi connectivity index (χ0v) is 6.16. The Morgan fingerprint density at radius 1 is 1.44 bits per heavy atom. The summed E-state index contributed by atoms with van der Waals surface area (Å²) in [7, 11) is 0. The lowest BCUT2D eigenvalue weighted by molar-refractivity contribution is 0.399. The first-order valence-corrected chi connectivity index (χ1v) is 2.40. The van der Waals surface area contributed by atoms with Crippen LogP contribution in [0.2, 0.25) is 0 Å². The second-order valence-electron chi connectivity index (χ2n) is 1.75. The maximum absolute atomic E-state index is 5.34. The van der Waals surface area contributed by atoms with Crippen molar-refractivity contribution < 1.29 is 4.52 Å². The van der Waals surface area contributed by atoms with Gasteiger partial charge in [0.2, 0.25) is 0 Å². The van der Waals surface area contributed by atoms with E-state index >= 15 is 0 Å². The van der Waals surface area contributed by atoms with Crippen LogP contribution in [0.4, 0.5) is 5.82 Å². The number of hydrogen-bond acceptors (Lipinski definition) is 3. The molecule has 1 rings (SSSR count). The van der Waals surface area contributed by atoms with E-state index in [1.807, 2.05) is 13.8 Å². The molecule has 0 saturated carbocycles. The summed E-state index contributed by atoms with van der Waals surface area (Å²) >= 11 is 0. The van der Waals surface area contributed by atoms with Crippen LogP contribution in [0.5, 0.6) is 0 Å². The summed E-state index contributed by atoms with van der Waals surface area (Å²) in [6.45, 7) is 3.71. The van der Waals surface area contributed by atoms with Crippen LogP contribution in [0.25, 0.3) is 0 Å². The fraction of sp³-hybridized carbons (Fsp3) is 0.400. The summed E-state index contributed by atoms with van der Waals surface area (Å²) in [6, 6.07) is 0. The lowest BCUT2D eigenvalue weighted by Gasteiger charge is -1.80. The topological polar surface area (TPSA) is 52.0 Å². The van der Waals surface area contributed by atoms with Crippen molar-refractivity contribution >= 4 is 18.2 Å². The molecule has 1 aromatic heterocycles. The summed E-state index contributed by atoms with van der Waals surface area (Å²) in [4.78, 5) is 0. The summed E-state index contributed by atoms with van der Waals surface area (Å²) < 4.78 is 4.72. The van der Waals surface area contributed by atoms with Crippen LogP contribution in [0.3, 0.4) is 0 Å². The van der Waals surface area contributed by atoms with Gasteiger partial charge in [0.05, 0.1) is 0 Å². The molecule has 0 radical (unpaired) electrons. The molecular formula is C5H9ClN2O. The normalized spacial score (nSPS) is 8.67. The van der Waals surface area contributed by atoms with E-state index in [-0.39, 0.29) is 12.4 Å². The number of nitrogens with two attached hydrogens (primary N) is 1. The molecule has 4 heteroatoms. The van der Waals surface area contributed by atoms with E-state index in [0.717, 1.165) is 11.3 Å². The van der Waals surface area contributed by atoms with E-state index in [0.29, 0.717) is 5.82 Å². The van der Waals surface area contributed by atoms with E-state index in [1.54, 1.807) is 0 Å². The fourth-order valence-electron chi connectivity index (χ4n) is 0.435. The lowest BCUT2D eigenvalue weighted by atomic mass is 10.3. The Kier molecular flexibility index (Phi) is 2.52. The highest BCUT2D eigenvalue weighted by Gasteiger charge is 2.00. The second kappa shape index (κ2) is 2.73. The third-order valence-electron chi connectivity index (χ3n) is 1.19. The number of hydrogen-bond donors (Lipinski definition) is 1. The maximum atomic E-state index is 5.34. The van der Waals surface area contributed by atoms with Crippen molar-refractivity contribution in [1.29, 1.82) is 0 Å². The van der Waals surface area contributed by atoms with Gasteiger partial charge in [-0.15, -0.1) is 12.4 Å². The monoisotopic (exact) mass is 148 g/mol. The van der Waals surface area contributed by atoms with Gasteiger partial charge in [0, 0.05) is 5.56 Å². The zero-order valence-electron chi connectivity index (χ0n) is 5.34. The highest BCUT2D eigenvalue weighted by atomic mass is 35.5. The molecule has 0 unspecified atom stereocenters. The Hall–Kier alpha value is -0.700. The molecule has 0 bridgehead atoms. The minimum Gasteiger partial charge on any atom is -0.381 e. The number of halogens is 1. The smallest absolute Gasteiger partial charge is 0.169 e. The molecule has 0 aliphatic carbocycles. The zero-order chi connectivity index (χ0) is 6.15. The predicted octanol–water partition coefficient (Wildman–Crippen LogP) is 1.30. The molecule has 0 aliphatic rings. The Bertz CT molecular complexity index is 177. The standard InChI is InChI=1S/C5H8N2O.ClH/c1-3-4(2)8-7-5(3)6;/h1-2H3,(H2,6,7);1H. The van der Waals surface area contributed by atoms with Crippen molar-refractivity contribution in [2.45, 2.75) is 13.8 Å². The lowest BCUT2D eigenvalue weighted by Crippen LogP contribution is -1.85. The number of nitrogens with zero attached hydrogens (tertiary/aromatic N) is 1. The quantitative estimate of drug-likeness (QED) is 0.603. The van der Waals surface area contributed by atoms with Gasteiger partial charge in [-0.2, -0.15) is 0 Å². The third kappa shape index (κ3) is 1.36. The van der Waals surface area contributed by atoms with Gasteiger partial charge in [-0.25, -0.2) is 0 Å². The number of nitrogen functional groups attached to an aromatic ring is 1. The van der Waals surface area contributed by atoms with Crippen LogP contribution < -0.4 is 5.73 Å². The number of rotatable bonds is 0. The Morgan fingerprint density at radius 2 is 2.00 bits per heavy atom. The van der Waals surface area contributed by atoms with Gasteiger partial charge in [0.25, 0.3) is 0 Å². The average Bonchev–Trinajstić information content (AvgIpc) is 1.98. The maximum Gasteiger partial charge on any atom is 0.169 e. The molecule has 0 saturated heterocycles. The highest BCUT2D eigenvalue weighted by molar-refractivity contribution is 5.85. The minimum absolute atomic E-state index is 0. The minimum atomic E-state index is 0. The van der Waals surface area contributed by atoms with Gasteiger partial charge in [-0.3, -0.25) is 0 Å². The van der Waals surface area contributed by atoms with E-state index in [1.165, 1.54) is 0 Å². The van der Waals surface area contributed by atoms with Gasteiger partial charge >= 0.3 is 0 Å². The predicted molar refractivity (Wildman–Crippen MR) is 37.6 cm³/mol. The van der Waals surface area contributed by atoms with E-state index in [9.17, 15) is 0 Å². The van der Waals surface area contributed by atoms with Crippen LogP contribution in [0.1, 0.15) is 11.3 Å². The van der Waals surface area contributed by atoms with Crippen LogP contribution in [-0.4, -0.2) is 5.16 Å². The third-order valence-corrected chi connectivity index (χ3v) is 1.19. The molecule has 1 aromatic rings. The van der Waals surface area contributed by atoms with Crippen molar-refractivity contribution in [3.8, 4) is 0 Å². The summed E-state index contributed by atoms with van der Waals surface area (Å²) in [5.41, 5.74) is 6.27. The molecule has 0 fully saturated rings. The summed E-state index contributed by atoms with van der Waals surface area (Å²) in [5.74, 6) is 1.28. The van der Waals surface area contributed by atoms with E-state index in [4.69, 9.17) is 10.3 Å². The first kappa shape index (κ1) is 8.30.